The van der Waals surface area contributed by atoms with Gasteiger partial charge in [-0.3, -0.25) is 4.79 Å². The van der Waals surface area contributed by atoms with Gasteiger partial charge in [0.1, 0.15) is 26.1 Å². The molecule has 2 aromatic rings. The van der Waals surface area contributed by atoms with E-state index in [9.17, 15) is 4.79 Å². The van der Waals surface area contributed by atoms with Gasteiger partial charge < -0.3 is 14.8 Å². The summed E-state index contributed by atoms with van der Waals surface area (Å²) in [6.45, 7) is 1.23. The molecule has 1 fully saturated rings. The topological polar surface area (TPSA) is 91.2 Å². The number of tetrazole rings is 1. The van der Waals surface area contributed by atoms with Gasteiger partial charge in [0.05, 0.1) is 6.04 Å². The second-order valence-corrected chi connectivity index (χ2v) is 5.79. The number of hydrogen-bond acceptors (Lipinski definition) is 6. The first kappa shape index (κ1) is 14.0. The molecule has 2 heterocycles. The van der Waals surface area contributed by atoms with Crippen LogP contribution in [0.5, 0.6) is 11.5 Å². The molecule has 8 heteroatoms. The summed E-state index contributed by atoms with van der Waals surface area (Å²) in [5.41, 5.74) is 1.04. The fourth-order valence-corrected chi connectivity index (χ4v) is 2.78. The largest absolute Gasteiger partial charge is 0.486 e. The zero-order valence-corrected chi connectivity index (χ0v) is 12.5. The molecule has 0 radical (unpaired) electrons. The molecule has 23 heavy (non-hydrogen) atoms. The highest BCUT2D eigenvalue weighted by molar-refractivity contribution is 5.76. The molecule has 1 aliphatic carbocycles. The first-order valence-electron chi connectivity index (χ1n) is 7.69. The van der Waals surface area contributed by atoms with Gasteiger partial charge >= 0.3 is 0 Å². The van der Waals surface area contributed by atoms with Crippen LogP contribution in [0.1, 0.15) is 24.4 Å². The first-order chi connectivity index (χ1) is 11.3. The Morgan fingerprint density at radius 3 is 2.87 bits per heavy atom. The maximum absolute atomic E-state index is 12.2. The average Bonchev–Trinajstić information content (AvgIpc) is 3.29. The molecule has 0 saturated heterocycles. The second-order valence-electron chi connectivity index (χ2n) is 5.79. The van der Waals surface area contributed by atoms with Crippen molar-refractivity contribution in [1.82, 2.24) is 25.5 Å². The van der Waals surface area contributed by atoms with E-state index in [2.05, 4.69) is 20.8 Å². The number of nitrogens with zero attached hydrogens (tertiary/aromatic N) is 4. The van der Waals surface area contributed by atoms with Crippen molar-refractivity contribution in [1.29, 1.82) is 0 Å². The molecule has 1 aromatic heterocycles. The van der Waals surface area contributed by atoms with E-state index in [1.54, 1.807) is 0 Å². The van der Waals surface area contributed by atoms with E-state index in [1.807, 2.05) is 18.2 Å². The number of benzene rings is 1. The highest BCUT2D eigenvalue weighted by Gasteiger charge is 2.34. The normalized spacial score (nSPS) is 17.6. The van der Waals surface area contributed by atoms with Gasteiger partial charge in [-0.05, 0) is 46.9 Å². The molecule has 0 bridgehead atoms. The van der Waals surface area contributed by atoms with Crippen LogP contribution in [0.3, 0.4) is 0 Å². The minimum atomic E-state index is -0.107. The van der Waals surface area contributed by atoms with Crippen molar-refractivity contribution in [2.24, 2.45) is 5.92 Å². The summed E-state index contributed by atoms with van der Waals surface area (Å²) in [6.07, 6.45) is 3.66. The first-order valence-corrected chi connectivity index (χ1v) is 7.69. The van der Waals surface area contributed by atoms with E-state index in [0.29, 0.717) is 19.1 Å². The van der Waals surface area contributed by atoms with Crippen molar-refractivity contribution >= 4 is 5.91 Å². The molecule has 8 nitrogen and oxygen atoms in total. The highest BCUT2D eigenvalue weighted by Crippen LogP contribution is 2.43. The monoisotopic (exact) mass is 315 g/mol. The number of ether oxygens (including phenoxy) is 2. The van der Waals surface area contributed by atoms with Crippen molar-refractivity contribution < 1.29 is 14.3 Å². The lowest BCUT2D eigenvalue weighted by molar-refractivity contribution is -0.122. The molecule has 1 amide bonds. The Bertz CT molecular complexity index is 699. The molecule has 2 aliphatic rings. The Balaban J connectivity index is 1.50. The van der Waals surface area contributed by atoms with Crippen LogP contribution in [0.4, 0.5) is 0 Å². The fourth-order valence-electron chi connectivity index (χ4n) is 2.78. The molecule has 1 N–H and O–H groups in total. The average molecular weight is 315 g/mol. The maximum Gasteiger partial charge on any atom is 0.242 e. The fraction of sp³-hybridized carbons (Fsp3) is 0.467. The summed E-state index contributed by atoms with van der Waals surface area (Å²) in [5.74, 6) is 1.86. The Hall–Kier alpha value is -2.64. The van der Waals surface area contributed by atoms with Gasteiger partial charge in [0.2, 0.25) is 5.91 Å². The van der Waals surface area contributed by atoms with Gasteiger partial charge in [0.25, 0.3) is 0 Å². The van der Waals surface area contributed by atoms with Crippen LogP contribution < -0.4 is 14.8 Å². The Morgan fingerprint density at radius 2 is 2.13 bits per heavy atom. The number of nitrogens with one attached hydrogen (secondary N) is 1. The van der Waals surface area contributed by atoms with E-state index in [1.165, 1.54) is 11.0 Å². The molecule has 1 saturated carbocycles. The van der Waals surface area contributed by atoms with E-state index in [-0.39, 0.29) is 18.5 Å². The summed E-state index contributed by atoms with van der Waals surface area (Å²) in [4.78, 5) is 12.2. The number of carbonyl (C=O) groups is 1. The van der Waals surface area contributed by atoms with Gasteiger partial charge in [-0.25, -0.2) is 4.68 Å². The van der Waals surface area contributed by atoms with Crippen LogP contribution >= 0.6 is 0 Å². The molecule has 1 aromatic carbocycles. The summed E-state index contributed by atoms with van der Waals surface area (Å²) in [6, 6.07) is 5.85. The quantitative estimate of drug-likeness (QED) is 0.874. The number of amides is 1. The van der Waals surface area contributed by atoms with Gasteiger partial charge in [0.15, 0.2) is 11.5 Å². The van der Waals surface area contributed by atoms with Crippen LogP contribution in [0.25, 0.3) is 0 Å². The van der Waals surface area contributed by atoms with Crippen molar-refractivity contribution in [3.8, 4) is 11.5 Å². The van der Waals surface area contributed by atoms with Crippen molar-refractivity contribution in [3.05, 3.63) is 30.1 Å². The molecule has 4 rings (SSSR count). The van der Waals surface area contributed by atoms with E-state index < -0.39 is 0 Å². The molecular weight excluding hydrogens is 298 g/mol. The second kappa shape index (κ2) is 5.86. The van der Waals surface area contributed by atoms with Gasteiger partial charge in [0, 0.05) is 0 Å². The predicted molar refractivity (Wildman–Crippen MR) is 78.9 cm³/mol. The van der Waals surface area contributed by atoms with Crippen LogP contribution in [-0.4, -0.2) is 39.3 Å². The van der Waals surface area contributed by atoms with E-state index in [4.69, 9.17) is 9.47 Å². The minimum absolute atomic E-state index is 0.0187. The summed E-state index contributed by atoms with van der Waals surface area (Å²) in [7, 11) is 0. The molecule has 1 atom stereocenters. The smallest absolute Gasteiger partial charge is 0.242 e. The van der Waals surface area contributed by atoms with Gasteiger partial charge in [-0.15, -0.1) is 5.10 Å². The number of aromatic nitrogens is 4. The molecular formula is C15H17N5O3. The van der Waals surface area contributed by atoms with Crippen LogP contribution in [0.15, 0.2) is 24.5 Å². The number of fused-ring (bicyclic) bond motifs is 1. The van der Waals surface area contributed by atoms with Crippen LogP contribution in [0, 0.1) is 5.92 Å². The van der Waals surface area contributed by atoms with E-state index in [0.717, 1.165) is 29.9 Å². The third-order valence-electron chi connectivity index (χ3n) is 4.03. The predicted octanol–water partition coefficient (Wildman–Crippen LogP) is 0.712. The Kier molecular flexibility index (Phi) is 3.57. The third kappa shape index (κ3) is 3.10. The van der Waals surface area contributed by atoms with Gasteiger partial charge in [-0.1, -0.05) is 6.07 Å². The maximum atomic E-state index is 12.2. The highest BCUT2D eigenvalue weighted by atomic mass is 16.6. The van der Waals surface area contributed by atoms with Crippen LogP contribution in [0.2, 0.25) is 0 Å². The van der Waals surface area contributed by atoms with Crippen molar-refractivity contribution in [2.45, 2.75) is 25.4 Å². The Labute approximate surface area is 132 Å². The minimum Gasteiger partial charge on any atom is -0.486 e. The zero-order chi connectivity index (χ0) is 15.6. The summed E-state index contributed by atoms with van der Waals surface area (Å²) >= 11 is 0. The van der Waals surface area contributed by atoms with Gasteiger partial charge in [-0.2, -0.15) is 0 Å². The molecule has 0 spiro atoms. The Morgan fingerprint density at radius 1 is 1.30 bits per heavy atom. The SMILES string of the molecule is O=C(Cn1cnnn1)NC(c1ccc2c(c1)OCCO2)C1CC1. The number of carbonyl (C=O) groups excluding carboxylic acids is 1. The summed E-state index contributed by atoms with van der Waals surface area (Å²) < 4.78 is 12.6. The number of rotatable bonds is 5. The number of hydrogen-bond donors (Lipinski definition) is 1. The summed E-state index contributed by atoms with van der Waals surface area (Å²) in [5, 5.41) is 13.9. The van der Waals surface area contributed by atoms with Crippen molar-refractivity contribution in [2.75, 3.05) is 13.2 Å². The lowest BCUT2D eigenvalue weighted by atomic mass is 10.0. The molecule has 1 aliphatic heterocycles. The lowest BCUT2D eigenvalue weighted by Crippen LogP contribution is -2.33. The molecule has 1 unspecified atom stereocenters. The van der Waals surface area contributed by atoms with Crippen LogP contribution in [-0.2, 0) is 11.3 Å². The molecule has 120 valence electrons. The third-order valence-corrected chi connectivity index (χ3v) is 4.03. The van der Waals surface area contributed by atoms with Crippen molar-refractivity contribution in [3.63, 3.8) is 0 Å². The standard InChI is InChI=1S/C15H17N5O3/c21-14(8-20-9-16-18-19-20)17-15(10-1-2-10)11-3-4-12-13(7-11)23-6-5-22-12/h3-4,7,9-10,15H,1-2,5-6,8H2,(H,17,21). The lowest BCUT2D eigenvalue weighted by Gasteiger charge is -2.23. The van der Waals surface area contributed by atoms with E-state index >= 15 is 0 Å². The zero-order valence-electron chi connectivity index (χ0n) is 12.5.